The summed E-state index contributed by atoms with van der Waals surface area (Å²) in [5.74, 6) is 1.36. The number of piperazine rings is 1. The monoisotopic (exact) mass is 841 g/mol. The molecule has 0 aromatic heterocycles. The quantitative estimate of drug-likeness (QED) is 0.114. The predicted molar refractivity (Wildman–Crippen MR) is 238 cm³/mol. The van der Waals surface area contributed by atoms with E-state index in [9.17, 15) is 19.5 Å². The van der Waals surface area contributed by atoms with Crippen molar-refractivity contribution in [2.75, 3.05) is 89.2 Å². The normalized spacial score (nSPS) is 22.1. The van der Waals surface area contributed by atoms with Crippen LogP contribution in [0.25, 0.3) is 0 Å². The number of ether oxygens (including phenoxy) is 3. The zero-order chi connectivity index (χ0) is 42.6. The number of nitrogens with one attached hydrogen (secondary N) is 1. The molecular formula is C50H59N5O7. The summed E-state index contributed by atoms with van der Waals surface area (Å²) in [6, 6.07) is 29.3. The van der Waals surface area contributed by atoms with Gasteiger partial charge in [-0.3, -0.25) is 24.6 Å². The van der Waals surface area contributed by atoms with Gasteiger partial charge in [0.1, 0.15) is 24.1 Å². The van der Waals surface area contributed by atoms with E-state index >= 15 is 0 Å². The van der Waals surface area contributed by atoms with Gasteiger partial charge in [0.25, 0.3) is 5.91 Å². The first-order chi connectivity index (χ1) is 30.3. The van der Waals surface area contributed by atoms with E-state index in [0.717, 1.165) is 82.7 Å². The number of rotatable bonds is 14. The van der Waals surface area contributed by atoms with Gasteiger partial charge in [0.15, 0.2) is 0 Å². The summed E-state index contributed by atoms with van der Waals surface area (Å²) in [6.07, 6.45) is 4.86. The Bertz CT molecular complexity index is 2220. The summed E-state index contributed by atoms with van der Waals surface area (Å²) in [4.78, 5) is 47.4. The number of aromatic hydroxyl groups is 1. The van der Waals surface area contributed by atoms with Crippen molar-refractivity contribution in [2.24, 2.45) is 5.92 Å². The number of aryl methyl sites for hydroxylation is 1. The van der Waals surface area contributed by atoms with Crippen LogP contribution in [0.1, 0.15) is 82.1 Å². The molecule has 4 heterocycles. The molecule has 62 heavy (non-hydrogen) atoms. The number of anilines is 2. The van der Waals surface area contributed by atoms with Crippen LogP contribution in [-0.2, 0) is 32.0 Å². The molecule has 3 fully saturated rings. The Balaban J connectivity index is 0.810. The number of imide groups is 1. The van der Waals surface area contributed by atoms with Crippen LogP contribution in [0.2, 0.25) is 0 Å². The van der Waals surface area contributed by atoms with Gasteiger partial charge in [0.05, 0.1) is 32.1 Å². The Labute approximate surface area is 364 Å². The summed E-state index contributed by atoms with van der Waals surface area (Å²) in [6.45, 7) is 8.65. The lowest BCUT2D eigenvalue weighted by Gasteiger charge is -2.40. The standard InChI is InChI=1S/C50H59N5O7/c1-60-27-28-61-29-30-62-48-43-33-55(45-17-18-46(57)51-49(45)58)50(59)42(43)15-16-44(48)54-25-23-52(24-26-54)32-34-19-21-53(22-20-34)38-10-7-36(8-11-38)47-40(35-5-3-2-4-6-35)13-9-37-31-39(56)12-14-41(37)47/h2-8,10-12,14-16,31,34,40,45,47,56H,9,13,17-30,32-33H2,1H3,(H,51,57,58)/t40-,45?,47+/m0/s1. The van der Waals surface area contributed by atoms with E-state index < -0.39 is 11.9 Å². The molecule has 4 aliphatic heterocycles. The molecule has 0 radical (unpaired) electrons. The van der Waals surface area contributed by atoms with Gasteiger partial charge in [-0.15, -0.1) is 0 Å². The fourth-order valence-electron chi connectivity index (χ4n) is 10.5. The number of piperidine rings is 2. The molecule has 3 saturated heterocycles. The van der Waals surface area contributed by atoms with Crippen LogP contribution in [-0.4, -0.2) is 118 Å². The topological polar surface area (TPSA) is 124 Å². The Morgan fingerprint density at radius 3 is 2.27 bits per heavy atom. The Morgan fingerprint density at radius 2 is 1.52 bits per heavy atom. The third-order valence-electron chi connectivity index (χ3n) is 13.8. The molecule has 0 saturated carbocycles. The minimum atomic E-state index is -0.687. The second-order valence-corrected chi connectivity index (χ2v) is 17.5. The van der Waals surface area contributed by atoms with Crippen LogP contribution in [0.5, 0.6) is 11.5 Å². The highest BCUT2D eigenvalue weighted by atomic mass is 16.5. The van der Waals surface area contributed by atoms with Gasteiger partial charge in [-0.05, 0) is 103 Å². The number of hydrogen-bond donors (Lipinski definition) is 2. The lowest BCUT2D eigenvalue weighted by Crippen LogP contribution is -2.52. The number of carbonyl (C=O) groups is 3. The van der Waals surface area contributed by atoms with E-state index in [1.165, 1.54) is 27.9 Å². The van der Waals surface area contributed by atoms with E-state index in [1.807, 2.05) is 24.3 Å². The number of benzene rings is 4. The highest BCUT2D eigenvalue weighted by Crippen LogP contribution is 2.47. The smallest absolute Gasteiger partial charge is 0.255 e. The molecule has 326 valence electrons. The molecule has 4 aromatic carbocycles. The first kappa shape index (κ1) is 41.9. The molecular weight excluding hydrogens is 783 g/mol. The molecule has 2 N–H and O–H groups in total. The van der Waals surface area contributed by atoms with Crippen molar-refractivity contribution < 1.29 is 33.7 Å². The molecule has 12 heteroatoms. The van der Waals surface area contributed by atoms with Crippen LogP contribution < -0.4 is 19.9 Å². The number of amides is 3. The first-order valence-electron chi connectivity index (χ1n) is 22.5. The van der Waals surface area contributed by atoms with Crippen molar-refractivity contribution in [3.63, 3.8) is 0 Å². The van der Waals surface area contributed by atoms with E-state index in [4.69, 9.17) is 14.2 Å². The fraction of sp³-hybridized carbons (Fsp3) is 0.460. The summed E-state index contributed by atoms with van der Waals surface area (Å²) in [7, 11) is 1.64. The second-order valence-electron chi connectivity index (χ2n) is 17.5. The zero-order valence-electron chi connectivity index (χ0n) is 35.8. The SMILES string of the molecule is COCCOCCOc1c(N2CCN(CC3CCN(c4ccc([C@H]5c6ccc(O)cc6CC[C@H]5c5ccccc5)cc4)CC3)CC2)ccc2c1CN(C1CCC(=O)NC1=O)C2=O. The molecule has 1 unspecified atom stereocenters. The molecule has 3 amide bonds. The van der Waals surface area contributed by atoms with Gasteiger partial charge in [-0.2, -0.15) is 0 Å². The van der Waals surface area contributed by atoms with E-state index in [1.54, 1.807) is 12.0 Å². The molecule has 5 aliphatic rings. The summed E-state index contributed by atoms with van der Waals surface area (Å²) >= 11 is 0. The molecule has 0 bridgehead atoms. The Hall–Kier alpha value is -5.43. The summed E-state index contributed by atoms with van der Waals surface area (Å²) in [5.41, 5.74) is 8.86. The number of methoxy groups -OCH3 is 1. The van der Waals surface area contributed by atoms with E-state index in [-0.39, 0.29) is 30.7 Å². The minimum Gasteiger partial charge on any atom is -0.508 e. The zero-order valence-corrected chi connectivity index (χ0v) is 35.8. The third-order valence-corrected chi connectivity index (χ3v) is 13.8. The van der Waals surface area contributed by atoms with Crippen LogP contribution in [0.15, 0.2) is 84.9 Å². The maximum Gasteiger partial charge on any atom is 0.255 e. The number of phenolic OH excluding ortho intramolecular Hbond substituents is 1. The third kappa shape index (κ3) is 8.91. The number of hydrogen-bond acceptors (Lipinski definition) is 10. The Kier molecular flexibility index (Phi) is 12.8. The van der Waals surface area contributed by atoms with Crippen LogP contribution in [0.3, 0.4) is 0 Å². The maximum absolute atomic E-state index is 13.7. The van der Waals surface area contributed by atoms with Gasteiger partial charge < -0.3 is 34.0 Å². The van der Waals surface area contributed by atoms with Crippen molar-refractivity contribution in [1.82, 2.24) is 15.1 Å². The maximum atomic E-state index is 13.7. The lowest BCUT2D eigenvalue weighted by atomic mass is 9.69. The molecule has 12 nitrogen and oxygen atoms in total. The molecule has 9 rings (SSSR count). The summed E-state index contributed by atoms with van der Waals surface area (Å²) in [5, 5.41) is 12.7. The average Bonchev–Trinajstić information content (AvgIpc) is 3.63. The fourth-order valence-corrected chi connectivity index (χ4v) is 10.5. The van der Waals surface area contributed by atoms with Crippen LogP contribution in [0, 0.1) is 5.92 Å². The molecule has 1 aliphatic carbocycles. The Morgan fingerprint density at radius 1 is 0.742 bits per heavy atom. The highest BCUT2D eigenvalue weighted by molar-refractivity contribution is 6.06. The van der Waals surface area contributed by atoms with E-state index in [2.05, 4.69) is 80.7 Å². The van der Waals surface area contributed by atoms with Crippen molar-refractivity contribution in [2.45, 2.75) is 62.9 Å². The van der Waals surface area contributed by atoms with E-state index in [0.29, 0.717) is 61.7 Å². The van der Waals surface area contributed by atoms with Crippen molar-refractivity contribution in [3.8, 4) is 11.5 Å². The lowest BCUT2D eigenvalue weighted by molar-refractivity contribution is -0.136. The van der Waals surface area contributed by atoms with Crippen molar-refractivity contribution >= 4 is 29.1 Å². The molecule has 4 aromatic rings. The minimum absolute atomic E-state index is 0.208. The van der Waals surface area contributed by atoms with Gasteiger partial charge in [0, 0.05) is 82.1 Å². The largest absolute Gasteiger partial charge is 0.508 e. The predicted octanol–water partition coefficient (Wildman–Crippen LogP) is 6.10. The van der Waals surface area contributed by atoms with Gasteiger partial charge in [0.2, 0.25) is 11.8 Å². The first-order valence-corrected chi connectivity index (χ1v) is 22.5. The highest BCUT2D eigenvalue weighted by Gasteiger charge is 2.41. The van der Waals surface area contributed by atoms with Gasteiger partial charge >= 0.3 is 0 Å². The molecule has 3 atom stereocenters. The van der Waals surface area contributed by atoms with Crippen molar-refractivity contribution in [3.05, 3.63) is 118 Å². The number of carbonyl (C=O) groups excluding carboxylic acids is 3. The molecule has 0 spiro atoms. The van der Waals surface area contributed by atoms with Crippen molar-refractivity contribution in [1.29, 1.82) is 0 Å². The number of nitrogens with zero attached hydrogens (tertiary/aromatic N) is 4. The van der Waals surface area contributed by atoms with Crippen LogP contribution in [0.4, 0.5) is 11.4 Å². The van der Waals surface area contributed by atoms with Crippen LogP contribution >= 0.6 is 0 Å². The summed E-state index contributed by atoms with van der Waals surface area (Å²) < 4.78 is 17.3. The average molecular weight is 842 g/mol. The number of phenols is 1. The van der Waals surface area contributed by atoms with Gasteiger partial charge in [-0.1, -0.05) is 48.5 Å². The van der Waals surface area contributed by atoms with Gasteiger partial charge in [-0.25, -0.2) is 0 Å². The number of fused-ring (bicyclic) bond motifs is 2. The second kappa shape index (κ2) is 18.9.